The van der Waals surface area contributed by atoms with Gasteiger partial charge in [0, 0.05) is 38.4 Å². The van der Waals surface area contributed by atoms with Crippen LogP contribution < -0.4 is 4.90 Å². The Labute approximate surface area is 108 Å². The van der Waals surface area contributed by atoms with Gasteiger partial charge in [-0.1, -0.05) is 6.07 Å². The van der Waals surface area contributed by atoms with E-state index in [1.165, 1.54) is 0 Å². The first kappa shape index (κ1) is 14.0. The summed E-state index contributed by atoms with van der Waals surface area (Å²) in [5.74, 6) is -0.0172. The first-order valence-corrected chi connectivity index (χ1v) is 6.03. The van der Waals surface area contributed by atoms with Crippen LogP contribution in [0.1, 0.15) is 23.7 Å². The Morgan fingerprint density at radius 1 is 1.39 bits per heavy atom. The van der Waals surface area contributed by atoms with Gasteiger partial charge in [-0.15, -0.1) is 0 Å². The Bertz CT molecular complexity index is 449. The van der Waals surface area contributed by atoms with E-state index in [1.807, 2.05) is 50.2 Å². The highest BCUT2D eigenvalue weighted by atomic mass is 16.2. The third-order valence-corrected chi connectivity index (χ3v) is 2.77. The first-order chi connectivity index (χ1) is 8.60. The number of carbonyl (C=O) groups excluding carboxylic acids is 1. The van der Waals surface area contributed by atoms with Crippen LogP contribution in [0.25, 0.3) is 0 Å². The van der Waals surface area contributed by atoms with Crippen molar-refractivity contribution in [1.82, 2.24) is 4.90 Å². The number of carbonyl (C=O) groups is 1. The SMILES string of the molecule is CCN(CCC#N)C(=O)c1cccc(N(C)C)c1. The van der Waals surface area contributed by atoms with Crippen molar-refractivity contribution >= 4 is 11.6 Å². The van der Waals surface area contributed by atoms with Gasteiger partial charge in [0.1, 0.15) is 0 Å². The Morgan fingerprint density at radius 3 is 2.67 bits per heavy atom. The van der Waals surface area contributed by atoms with Crippen LogP contribution in [0.15, 0.2) is 24.3 Å². The Balaban J connectivity index is 2.88. The molecule has 0 atom stereocenters. The molecule has 4 nitrogen and oxygen atoms in total. The van der Waals surface area contributed by atoms with Crippen LogP contribution >= 0.6 is 0 Å². The van der Waals surface area contributed by atoms with Gasteiger partial charge in [-0.2, -0.15) is 5.26 Å². The first-order valence-electron chi connectivity index (χ1n) is 6.03. The third kappa shape index (κ3) is 3.49. The quantitative estimate of drug-likeness (QED) is 0.798. The summed E-state index contributed by atoms with van der Waals surface area (Å²) in [6, 6.07) is 9.58. The molecule has 0 aliphatic carbocycles. The molecule has 0 saturated carbocycles. The van der Waals surface area contributed by atoms with Crippen molar-refractivity contribution in [1.29, 1.82) is 5.26 Å². The zero-order valence-electron chi connectivity index (χ0n) is 11.2. The second-order valence-corrected chi connectivity index (χ2v) is 4.24. The van der Waals surface area contributed by atoms with Crippen LogP contribution in [0.2, 0.25) is 0 Å². The van der Waals surface area contributed by atoms with Crippen molar-refractivity contribution in [3.05, 3.63) is 29.8 Å². The van der Waals surface area contributed by atoms with E-state index in [-0.39, 0.29) is 5.91 Å². The molecule has 0 aromatic heterocycles. The lowest BCUT2D eigenvalue weighted by atomic mass is 10.1. The largest absolute Gasteiger partial charge is 0.378 e. The van der Waals surface area contributed by atoms with Crippen molar-refractivity contribution in [2.75, 3.05) is 32.1 Å². The molecule has 0 N–H and O–H groups in total. The van der Waals surface area contributed by atoms with E-state index in [0.717, 1.165) is 5.69 Å². The van der Waals surface area contributed by atoms with Crippen molar-refractivity contribution in [2.24, 2.45) is 0 Å². The molecule has 18 heavy (non-hydrogen) atoms. The van der Waals surface area contributed by atoms with E-state index in [4.69, 9.17) is 5.26 Å². The Hall–Kier alpha value is -2.02. The molecule has 96 valence electrons. The molecule has 0 radical (unpaired) electrons. The van der Waals surface area contributed by atoms with Gasteiger partial charge in [0.15, 0.2) is 0 Å². The predicted molar refractivity (Wildman–Crippen MR) is 72.6 cm³/mol. The van der Waals surface area contributed by atoms with E-state index in [1.54, 1.807) is 4.90 Å². The highest BCUT2D eigenvalue weighted by molar-refractivity contribution is 5.95. The van der Waals surface area contributed by atoms with Crippen LogP contribution in [0, 0.1) is 11.3 Å². The fraction of sp³-hybridized carbons (Fsp3) is 0.429. The molecule has 0 fully saturated rings. The fourth-order valence-corrected chi connectivity index (χ4v) is 1.69. The van der Waals surface area contributed by atoms with Crippen LogP contribution in [0.4, 0.5) is 5.69 Å². The topological polar surface area (TPSA) is 47.3 Å². The molecule has 1 aromatic rings. The van der Waals surface area contributed by atoms with E-state index in [0.29, 0.717) is 25.1 Å². The van der Waals surface area contributed by atoms with Crippen molar-refractivity contribution in [3.63, 3.8) is 0 Å². The van der Waals surface area contributed by atoms with Crippen molar-refractivity contribution < 1.29 is 4.79 Å². The zero-order chi connectivity index (χ0) is 13.5. The summed E-state index contributed by atoms with van der Waals surface area (Å²) in [6.07, 6.45) is 0.368. The van der Waals surface area contributed by atoms with E-state index in [9.17, 15) is 4.79 Å². The summed E-state index contributed by atoms with van der Waals surface area (Å²) in [5.41, 5.74) is 1.66. The summed E-state index contributed by atoms with van der Waals surface area (Å²) in [7, 11) is 3.88. The van der Waals surface area contributed by atoms with Crippen molar-refractivity contribution in [3.8, 4) is 6.07 Å². The molecular weight excluding hydrogens is 226 g/mol. The number of hydrogen-bond donors (Lipinski definition) is 0. The van der Waals surface area contributed by atoms with Crippen LogP contribution in [0.5, 0.6) is 0 Å². The number of nitrogens with zero attached hydrogens (tertiary/aromatic N) is 3. The maximum atomic E-state index is 12.3. The second kappa shape index (κ2) is 6.65. The highest BCUT2D eigenvalue weighted by Gasteiger charge is 2.14. The standard InChI is InChI=1S/C14H19N3O/c1-4-17(10-6-9-15)14(18)12-7-5-8-13(11-12)16(2)3/h5,7-8,11H,4,6,10H2,1-3H3. The molecule has 1 aromatic carbocycles. The van der Waals surface area contributed by atoms with E-state index in [2.05, 4.69) is 6.07 Å². The van der Waals surface area contributed by atoms with Crippen LogP contribution in [0.3, 0.4) is 0 Å². The van der Waals surface area contributed by atoms with Gasteiger partial charge in [0.25, 0.3) is 5.91 Å². The summed E-state index contributed by atoms with van der Waals surface area (Å²) < 4.78 is 0. The average molecular weight is 245 g/mol. The van der Waals surface area contributed by atoms with Gasteiger partial charge in [0.05, 0.1) is 12.5 Å². The molecule has 0 spiro atoms. The lowest BCUT2D eigenvalue weighted by molar-refractivity contribution is 0.0768. The Morgan fingerprint density at radius 2 is 2.11 bits per heavy atom. The molecule has 0 bridgehead atoms. The van der Waals surface area contributed by atoms with Gasteiger partial charge in [-0.3, -0.25) is 4.79 Å². The summed E-state index contributed by atoms with van der Waals surface area (Å²) in [6.45, 7) is 3.02. The number of hydrogen-bond acceptors (Lipinski definition) is 3. The zero-order valence-corrected chi connectivity index (χ0v) is 11.2. The second-order valence-electron chi connectivity index (χ2n) is 4.24. The molecule has 0 aliphatic rings. The van der Waals surface area contributed by atoms with E-state index >= 15 is 0 Å². The number of benzene rings is 1. The minimum atomic E-state index is -0.0172. The van der Waals surface area contributed by atoms with Crippen LogP contribution in [-0.2, 0) is 0 Å². The smallest absolute Gasteiger partial charge is 0.253 e. The molecule has 0 heterocycles. The highest BCUT2D eigenvalue weighted by Crippen LogP contribution is 2.15. The van der Waals surface area contributed by atoms with Crippen LogP contribution in [-0.4, -0.2) is 38.0 Å². The number of amides is 1. The van der Waals surface area contributed by atoms with Gasteiger partial charge in [-0.25, -0.2) is 0 Å². The molecule has 1 amide bonds. The van der Waals surface area contributed by atoms with E-state index < -0.39 is 0 Å². The maximum Gasteiger partial charge on any atom is 0.253 e. The Kier molecular flexibility index (Phi) is 5.19. The lowest BCUT2D eigenvalue weighted by Crippen LogP contribution is -2.31. The minimum absolute atomic E-state index is 0.0172. The normalized spacial score (nSPS) is 9.67. The molecule has 1 rings (SSSR count). The summed E-state index contributed by atoms with van der Waals surface area (Å²) in [4.78, 5) is 15.9. The third-order valence-electron chi connectivity index (χ3n) is 2.77. The average Bonchev–Trinajstić information content (AvgIpc) is 2.39. The monoisotopic (exact) mass is 245 g/mol. The van der Waals surface area contributed by atoms with Gasteiger partial charge in [-0.05, 0) is 25.1 Å². The van der Waals surface area contributed by atoms with Crippen molar-refractivity contribution in [2.45, 2.75) is 13.3 Å². The summed E-state index contributed by atoms with van der Waals surface area (Å²) in [5, 5.41) is 8.59. The summed E-state index contributed by atoms with van der Waals surface area (Å²) >= 11 is 0. The minimum Gasteiger partial charge on any atom is -0.378 e. The number of anilines is 1. The maximum absolute atomic E-state index is 12.3. The molecule has 4 heteroatoms. The molecule has 0 saturated heterocycles. The van der Waals surface area contributed by atoms with Gasteiger partial charge in [0.2, 0.25) is 0 Å². The predicted octanol–water partition coefficient (Wildman–Crippen LogP) is 2.13. The van der Waals surface area contributed by atoms with Gasteiger partial charge >= 0.3 is 0 Å². The number of nitriles is 1. The fourth-order valence-electron chi connectivity index (χ4n) is 1.69. The molecule has 0 unspecified atom stereocenters. The number of rotatable bonds is 5. The molecule has 0 aliphatic heterocycles. The molecular formula is C14H19N3O. The van der Waals surface area contributed by atoms with Gasteiger partial charge < -0.3 is 9.80 Å². The lowest BCUT2D eigenvalue weighted by Gasteiger charge is -2.20.